The van der Waals surface area contributed by atoms with Crippen LogP contribution in [-0.4, -0.2) is 31.8 Å². The van der Waals surface area contributed by atoms with E-state index in [1.165, 1.54) is 7.11 Å². The Morgan fingerprint density at radius 3 is 2.74 bits per heavy atom. The highest BCUT2D eigenvalue weighted by Crippen LogP contribution is 2.26. The molecule has 0 atom stereocenters. The second-order valence-electron chi connectivity index (χ2n) is 5.05. The van der Waals surface area contributed by atoms with Gasteiger partial charge >= 0.3 is 0 Å². The first kappa shape index (κ1) is 13.7. The van der Waals surface area contributed by atoms with Crippen LogP contribution in [0.2, 0.25) is 0 Å². The predicted octanol–water partition coefficient (Wildman–Crippen LogP) is 1.58. The molecule has 19 heavy (non-hydrogen) atoms. The number of rotatable bonds is 3. The molecule has 1 aliphatic heterocycles. The molecule has 0 saturated carbocycles. The van der Waals surface area contributed by atoms with Gasteiger partial charge in [0.05, 0.1) is 7.11 Å². The third-order valence-corrected chi connectivity index (χ3v) is 3.52. The smallest absolute Gasteiger partial charge is 0.257 e. The van der Waals surface area contributed by atoms with E-state index in [1.807, 2.05) is 6.92 Å². The minimum absolute atomic E-state index is 0.195. The van der Waals surface area contributed by atoms with E-state index in [1.54, 1.807) is 18.2 Å². The summed E-state index contributed by atoms with van der Waals surface area (Å²) < 4.78 is 10.5. The van der Waals surface area contributed by atoms with Gasteiger partial charge < -0.3 is 20.5 Å². The average Bonchev–Trinajstić information content (AvgIpc) is 2.38. The second kappa shape index (κ2) is 5.48. The first-order valence-electron chi connectivity index (χ1n) is 6.38. The van der Waals surface area contributed by atoms with E-state index in [4.69, 9.17) is 15.2 Å². The molecule has 2 rings (SSSR count). The molecule has 1 saturated heterocycles. The van der Waals surface area contributed by atoms with Gasteiger partial charge in [-0.2, -0.15) is 0 Å². The molecular formula is C14H20N2O3. The lowest BCUT2D eigenvalue weighted by molar-refractivity contribution is 0.0422. The molecule has 1 aromatic carbocycles. The van der Waals surface area contributed by atoms with Crippen LogP contribution in [-0.2, 0) is 4.74 Å². The number of benzene rings is 1. The van der Waals surface area contributed by atoms with Gasteiger partial charge in [0.25, 0.3) is 5.91 Å². The van der Waals surface area contributed by atoms with Crippen LogP contribution >= 0.6 is 0 Å². The van der Waals surface area contributed by atoms with Crippen LogP contribution in [0.25, 0.3) is 0 Å². The first-order valence-corrected chi connectivity index (χ1v) is 6.38. The molecule has 1 aliphatic rings. The maximum Gasteiger partial charge on any atom is 0.257 e. The number of methoxy groups -OCH3 is 1. The Labute approximate surface area is 113 Å². The summed E-state index contributed by atoms with van der Waals surface area (Å²) in [6.45, 7) is 3.36. The molecule has 5 heteroatoms. The molecule has 104 valence electrons. The molecule has 1 fully saturated rings. The summed E-state index contributed by atoms with van der Waals surface area (Å²) in [4.78, 5) is 12.4. The molecule has 1 amide bonds. The highest BCUT2D eigenvalue weighted by atomic mass is 16.5. The molecule has 0 unspecified atom stereocenters. The second-order valence-corrected chi connectivity index (χ2v) is 5.05. The zero-order valence-electron chi connectivity index (χ0n) is 11.4. The number of nitrogen functional groups attached to an aromatic ring is 1. The number of hydrogen-bond donors (Lipinski definition) is 2. The molecule has 0 spiro atoms. The van der Waals surface area contributed by atoms with E-state index in [0.29, 0.717) is 30.2 Å². The summed E-state index contributed by atoms with van der Waals surface area (Å²) in [5.74, 6) is 0.299. The topological polar surface area (TPSA) is 73.6 Å². The fourth-order valence-electron chi connectivity index (χ4n) is 2.24. The van der Waals surface area contributed by atoms with Crippen molar-refractivity contribution in [3.8, 4) is 5.75 Å². The summed E-state index contributed by atoms with van der Waals surface area (Å²) in [6, 6.07) is 5.20. The van der Waals surface area contributed by atoms with Gasteiger partial charge in [-0.15, -0.1) is 0 Å². The lowest BCUT2D eigenvalue weighted by Crippen LogP contribution is -2.49. The summed E-state index contributed by atoms with van der Waals surface area (Å²) in [6.07, 6.45) is 1.60. The zero-order chi connectivity index (χ0) is 13.9. The van der Waals surface area contributed by atoms with Gasteiger partial charge in [-0.1, -0.05) is 6.07 Å². The Bertz CT molecular complexity index is 468. The zero-order valence-corrected chi connectivity index (χ0v) is 11.4. The minimum atomic E-state index is -0.247. The van der Waals surface area contributed by atoms with Crippen molar-refractivity contribution in [3.05, 3.63) is 23.8 Å². The van der Waals surface area contributed by atoms with Gasteiger partial charge in [0.1, 0.15) is 11.3 Å². The Kier molecular flexibility index (Phi) is 3.95. The lowest BCUT2D eigenvalue weighted by Gasteiger charge is -2.34. The van der Waals surface area contributed by atoms with E-state index in [0.717, 1.165) is 12.8 Å². The largest absolute Gasteiger partial charge is 0.496 e. The lowest BCUT2D eigenvalue weighted by atomic mass is 9.92. The number of nitrogens with one attached hydrogen (secondary N) is 1. The SMILES string of the molecule is COc1cccc(N)c1C(=O)NC1(C)CCOCC1. The van der Waals surface area contributed by atoms with Gasteiger partial charge in [0, 0.05) is 24.4 Å². The van der Waals surface area contributed by atoms with Crippen molar-refractivity contribution in [2.24, 2.45) is 0 Å². The van der Waals surface area contributed by atoms with Crippen LogP contribution in [0.1, 0.15) is 30.1 Å². The number of ether oxygens (including phenoxy) is 2. The van der Waals surface area contributed by atoms with Crippen LogP contribution in [0.15, 0.2) is 18.2 Å². The predicted molar refractivity (Wildman–Crippen MR) is 73.3 cm³/mol. The number of nitrogens with two attached hydrogens (primary N) is 1. The summed E-state index contributed by atoms with van der Waals surface area (Å²) in [5.41, 5.74) is 6.46. The standard InChI is InChI=1S/C14H20N2O3/c1-14(6-8-19-9-7-14)16-13(17)12-10(15)4-3-5-11(12)18-2/h3-5H,6-9,15H2,1-2H3,(H,16,17). The number of carbonyl (C=O) groups is 1. The van der Waals surface area contributed by atoms with Gasteiger partial charge in [0.15, 0.2) is 0 Å². The summed E-state index contributed by atoms with van der Waals surface area (Å²) in [7, 11) is 1.53. The van der Waals surface area contributed by atoms with Gasteiger partial charge in [-0.3, -0.25) is 4.79 Å². The third kappa shape index (κ3) is 2.98. The van der Waals surface area contributed by atoms with E-state index < -0.39 is 0 Å². The van der Waals surface area contributed by atoms with Crippen LogP contribution in [0.3, 0.4) is 0 Å². The first-order chi connectivity index (χ1) is 9.06. The van der Waals surface area contributed by atoms with Crippen LogP contribution < -0.4 is 15.8 Å². The van der Waals surface area contributed by atoms with Crippen molar-refractivity contribution in [1.29, 1.82) is 0 Å². The fraction of sp³-hybridized carbons (Fsp3) is 0.500. The Hall–Kier alpha value is -1.75. The van der Waals surface area contributed by atoms with Crippen molar-refractivity contribution in [3.63, 3.8) is 0 Å². The van der Waals surface area contributed by atoms with Crippen LogP contribution in [0.4, 0.5) is 5.69 Å². The summed E-state index contributed by atoms with van der Waals surface area (Å²) >= 11 is 0. The van der Waals surface area contributed by atoms with Gasteiger partial charge in [-0.05, 0) is 31.9 Å². The van der Waals surface area contributed by atoms with E-state index >= 15 is 0 Å². The quantitative estimate of drug-likeness (QED) is 0.813. The van der Waals surface area contributed by atoms with Crippen LogP contribution in [0.5, 0.6) is 5.75 Å². The monoisotopic (exact) mass is 264 g/mol. The fourth-order valence-corrected chi connectivity index (χ4v) is 2.24. The maximum absolute atomic E-state index is 12.4. The summed E-state index contributed by atoms with van der Waals surface area (Å²) in [5, 5.41) is 3.05. The van der Waals surface area contributed by atoms with Gasteiger partial charge in [0.2, 0.25) is 0 Å². The number of carbonyl (C=O) groups excluding carboxylic acids is 1. The van der Waals surface area contributed by atoms with E-state index in [9.17, 15) is 4.79 Å². The third-order valence-electron chi connectivity index (χ3n) is 3.52. The van der Waals surface area contributed by atoms with E-state index in [-0.39, 0.29) is 11.4 Å². The number of amides is 1. The normalized spacial score (nSPS) is 17.8. The van der Waals surface area contributed by atoms with Crippen molar-refractivity contribution in [2.45, 2.75) is 25.3 Å². The molecule has 3 N–H and O–H groups in total. The Morgan fingerprint density at radius 1 is 1.42 bits per heavy atom. The molecule has 5 nitrogen and oxygen atoms in total. The number of anilines is 1. The van der Waals surface area contributed by atoms with Crippen molar-refractivity contribution in [2.75, 3.05) is 26.1 Å². The minimum Gasteiger partial charge on any atom is -0.496 e. The van der Waals surface area contributed by atoms with E-state index in [2.05, 4.69) is 5.32 Å². The maximum atomic E-state index is 12.4. The van der Waals surface area contributed by atoms with Crippen molar-refractivity contribution < 1.29 is 14.3 Å². The van der Waals surface area contributed by atoms with Gasteiger partial charge in [-0.25, -0.2) is 0 Å². The molecule has 0 aromatic heterocycles. The average molecular weight is 264 g/mol. The van der Waals surface area contributed by atoms with Crippen molar-refractivity contribution in [1.82, 2.24) is 5.32 Å². The Balaban J connectivity index is 2.20. The molecular weight excluding hydrogens is 244 g/mol. The molecule has 0 aliphatic carbocycles. The molecule has 0 radical (unpaired) electrons. The number of hydrogen-bond acceptors (Lipinski definition) is 4. The Morgan fingerprint density at radius 2 is 2.11 bits per heavy atom. The van der Waals surface area contributed by atoms with Crippen LogP contribution in [0, 0.1) is 0 Å². The highest BCUT2D eigenvalue weighted by molar-refractivity contribution is 6.02. The highest BCUT2D eigenvalue weighted by Gasteiger charge is 2.30. The van der Waals surface area contributed by atoms with Crippen molar-refractivity contribution >= 4 is 11.6 Å². The molecule has 1 heterocycles. The molecule has 0 bridgehead atoms. The molecule has 1 aromatic rings.